The summed E-state index contributed by atoms with van der Waals surface area (Å²) in [5, 5.41) is 12.8. The summed E-state index contributed by atoms with van der Waals surface area (Å²) in [7, 11) is 3.19. The molecule has 3 aromatic rings. The van der Waals surface area contributed by atoms with Gasteiger partial charge < -0.3 is 18.6 Å². The minimum Gasteiger partial charge on any atom is -0.497 e. The second kappa shape index (κ2) is 7.35. The van der Waals surface area contributed by atoms with Crippen LogP contribution in [0.2, 0.25) is 0 Å². The lowest BCUT2D eigenvalue weighted by atomic mass is 10.2. The van der Waals surface area contributed by atoms with Crippen molar-refractivity contribution in [3.8, 4) is 22.9 Å². The SMILES string of the molecule is CCn1cnnc1SCc1nc(-c2ccc(OC)cc2OC)no1. The van der Waals surface area contributed by atoms with Crippen molar-refractivity contribution in [2.45, 2.75) is 24.4 Å². The summed E-state index contributed by atoms with van der Waals surface area (Å²) in [5.74, 6) is 2.83. The summed E-state index contributed by atoms with van der Waals surface area (Å²) in [5.41, 5.74) is 0.745. The number of thioether (sulfide) groups is 1. The summed E-state index contributed by atoms with van der Waals surface area (Å²) in [6, 6.07) is 5.45. The number of benzene rings is 1. The molecule has 8 nitrogen and oxygen atoms in total. The Morgan fingerprint density at radius 2 is 2.12 bits per heavy atom. The van der Waals surface area contributed by atoms with Crippen molar-refractivity contribution >= 4 is 11.8 Å². The Kier molecular flexibility index (Phi) is 4.99. The van der Waals surface area contributed by atoms with Crippen LogP contribution in [0.5, 0.6) is 11.5 Å². The molecule has 0 spiro atoms. The molecular formula is C15H17N5O3S. The number of nitrogens with zero attached hydrogens (tertiary/aromatic N) is 5. The number of aromatic nitrogens is 5. The van der Waals surface area contributed by atoms with Crippen LogP contribution in [-0.4, -0.2) is 39.1 Å². The van der Waals surface area contributed by atoms with Crippen LogP contribution >= 0.6 is 11.8 Å². The molecule has 0 fully saturated rings. The molecule has 0 aliphatic heterocycles. The number of methoxy groups -OCH3 is 2. The fraction of sp³-hybridized carbons (Fsp3) is 0.333. The van der Waals surface area contributed by atoms with Gasteiger partial charge in [0, 0.05) is 12.6 Å². The standard InChI is InChI=1S/C15H17N5O3S/c1-4-20-9-16-18-15(20)24-8-13-17-14(19-23-13)11-6-5-10(21-2)7-12(11)22-3/h5-7,9H,4,8H2,1-3H3. The van der Waals surface area contributed by atoms with E-state index >= 15 is 0 Å². The fourth-order valence-corrected chi connectivity index (χ4v) is 2.92. The third-order valence-corrected chi connectivity index (χ3v) is 4.33. The Morgan fingerprint density at radius 3 is 2.88 bits per heavy atom. The fourth-order valence-electron chi connectivity index (χ4n) is 2.11. The van der Waals surface area contributed by atoms with Crippen LogP contribution in [0.15, 0.2) is 34.2 Å². The molecule has 9 heteroatoms. The van der Waals surface area contributed by atoms with E-state index in [-0.39, 0.29) is 0 Å². The van der Waals surface area contributed by atoms with Crippen molar-refractivity contribution in [2.75, 3.05) is 14.2 Å². The van der Waals surface area contributed by atoms with E-state index in [2.05, 4.69) is 20.3 Å². The van der Waals surface area contributed by atoms with Crippen molar-refractivity contribution < 1.29 is 14.0 Å². The Labute approximate surface area is 143 Å². The van der Waals surface area contributed by atoms with Crippen LogP contribution in [0.3, 0.4) is 0 Å². The molecule has 0 aliphatic carbocycles. The normalized spacial score (nSPS) is 10.8. The average molecular weight is 347 g/mol. The van der Waals surface area contributed by atoms with Gasteiger partial charge in [0.05, 0.1) is 25.5 Å². The highest BCUT2D eigenvalue weighted by Gasteiger charge is 2.15. The van der Waals surface area contributed by atoms with Gasteiger partial charge in [-0.05, 0) is 19.1 Å². The van der Waals surface area contributed by atoms with Gasteiger partial charge in [-0.1, -0.05) is 16.9 Å². The molecule has 0 bridgehead atoms. The van der Waals surface area contributed by atoms with Crippen molar-refractivity contribution in [1.29, 1.82) is 0 Å². The molecule has 24 heavy (non-hydrogen) atoms. The molecule has 126 valence electrons. The maximum absolute atomic E-state index is 5.37. The molecule has 2 aromatic heterocycles. The van der Waals surface area contributed by atoms with E-state index in [1.807, 2.05) is 23.6 Å². The lowest BCUT2D eigenvalue weighted by molar-refractivity contribution is 0.388. The highest BCUT2D eigenvalue weighted by molar-refractivity contribution is 7.98. The number of hydrogen-bond acceptors (Lipinski definition) is 8. The van der Waals surface area contributed by atoms with Gasteiger partial charge in [-0.25, -0.2) is 0 Å². The molecule has 0 N–H and O–H groups in total. The smallest absolute Gasteiger partial charge is 0.237 e. The summed E-state index contributed by atoms with van der Waals surface area (Å²) < 4.78 is 17.8. The van der Waals surface area contributed by atoms with E-state index in [0.717, 1.165) is 17.3 Å². The molecule has 1 aromatic carbocycles. The van der Waals surface area contributed by atoms with Gasteiger partial charge in [-0.2, -0.15) is 4.98 Å². The topological polar surface area (TPSA) is 88.1 Å². The summed E-state index contributed by atoms with van der Waals surface area (Å²) in [4.78, 5) is 4.42. The quantitative estimate of drug-likeness (QED) is 0.603. The Morgan fingerprint density at radius 1 is 1.25 bits per heavy atom. The third-order valence-electron chi connectivity index (χ3n) is 3.36. The van der Waals surface area contributed by atoms with Crippen LogP contribution in [-0.2, 0) is 12.3 Å². The zero-order chi connectivity index (χ0) is 16.9. The van der Waals surface area contributed by atoms with E-state index in [4.69, 9.17) is 14.0 Å². The summed E-state index contributed by atoms with van der Waals surface area (Å²) >= 11 is 1.50. The van der Waals surface area contributed by atoms with E-state index in [0.29, 0.717) is 29.0 Å². The highest BCUT2D eigenvalue weighted by atomic mass is 32.2. The summed E-state index contributed by atoms with van der Waals surface area (Å²) in [6.45, 7) is 2.85. The number of ether oxygens (including phenoxy) is 2. The number of rotatable bonds is 7. The average Bonchev–Trinajstić information content (AvgIpc) is 3.28. The largest absolute Gasteiger partial charge is 0.497 e. The minimum atomic E-state index is 0.474. The Hall–Kier alpha value is -2.55. The van der Waals surface area contributed by atoms with Crippen molar-refractivity contribution in [1.82, 2.24) is 24.9 Å². The number of hydrogen-bond donors (Lipinski definition) is 0. The van der Waals surface area contributed by atoms with Gasteiger partial charge in [-0.15, -0.1) is 10.2 Å². The van der Waals surface area contributed by atoms with Gasteiger partial charge in [-0.3, -0.25) is 0 Å². The first-order chi connectivity index (χ1) is 11.7. The van der Waals surface area contributed by atoms with Gasteiger partial charge in [0.2, 0.25) is 11.7 Å². The maximum atomic E-state index is 5.37. The molecule has 0 unspecified atom stereocenters. The second-order valence-electron chi connectivity index (χ2n) is 4.77. The molecule has 0 saturated heterocycles. The molecule has 2 heterocycles. The predicted octanol–water partition coefficient (Wildman–Crippen LogP) is 2.66. The molecule has 0 radical (unpaired) electrons. The van der Waals surface area contributed by atoms with Crippen molar-refractivity contribution in [3.63, 3.8) is 0 Å². The predicted molar refractivity (Wildman–Crippen MR) is 88.1 cm³/mol. The Bertz CT molecular complexity index is 817. The van der Waals surface area contributed by atoms with Gasteiger partial charge in [0.15, 0.2) is 5.16 Å². The van der Waals surface area contributed by atoms with E-state index in [1.165, 1.54) is 11.8 Å². The molecule has 0 aliphatic rings. The minimum absolute atomic E-state index is 0.474. The monoisotopic (exact) mass is 347 g/mol. The zero-order valence-electron chi connectivity index (χ0n) is 13.6. The first-order valence-corrected chi connectivity index (χ1v) is 8.29. The zero-order valence-corrected chi connectivity index (χ0v) is 14.4. The van der Waals surface area contributed by atoms with Crippen LogP contribution in [0, 0.1) is 0 Å². The maximum Gasteiger partial charge on any atom is 0.237 e. The van der Waals surface area contributed by atoms with Gasteiger partial charge >= 0.3 is 0 Å². The molecule has 0 amide bonds. The van der Waals surface area contributed by atoms with Crippen LogP contribution in [0.4, 0.5) is 0 Å². The molecule has 0 atom stereocenters. The van der Waals surface area contributed by atoms with Crippen LogP contribution in [0.1, 0.15) is 12.8 Å². The van der Waals surface area contributed by atoms with Crippen LogP contribution in [0.25, 0.3) is 11.4 Å². The lowest BCUT2D eigenvalue weighted by Gasteiger charge is -2.07. The first kappa shape index (κ1) is 16.3. The highest BCUT2D eigenvalue weighted by Crippen LogP contribution is 2.32. The first-order valence-electron chi connectivity index (χ1n) is 7.30. The molecule has 0 saturated carbocycles. The third kappa shape index (κ3) is 3.35. The van der Waals surface area contributed by atoms with E-state index < -0.39 is 0 Å². The van der Waals surface area contributed by atoms with Crippen molar-refractivity contribution in [2.24, 2.45) is 0 Å². The summed E-state index contributed by atoms with van der Waals surface area (Å²) in [6.07, 6.45) is 1.70. The van der Waals surface area contributed by atoms with E-state index in [9.17, 15) is 0 Å². The Balaban J connectivity index is 1.76. The lowest BCUT2D eigenvalue weighted by Crippen LogP contribution is -1.95. The second-order valence-corrected chi connectivity index (χ2v) is 5.71. The molecule has 3 rings (SSSR count). The molecular weight excluding hydrogens is 330 g/mol. The van der Waals surface area contributed by atoms with Gasteiger partial charge in [0.1, 0.15) is 17.8 Å². The van der Waals surface area contributed by atoms with E-state index in [1.54, 1.807) is 26.6 Å². The van der Waals surface area contributed by atoms with Gasteiger partial charge in [0.25, 0.3) is 0 Å². The number of aryl methyl sites for hydroxylation is 1. The van der Waals surface area contributed by atoms with Crippen molar-refractivity contribution in [3.05, 3.63) is 30.4 Å². The van der Waals surface area contributed by atoms with Crippen LogP contribution < -0.4 is 9.47 Å².